The van der Waals surface area contributed by atoms with E-state index >= 15 is 0 Å². The first-order valence-electron chi connectivity index (χ1n) is 12.5. The third-order valence-corrected chi connectivity index (χ3v) is 6.54. The minimum absolute atomic E-state index is 0.148. The zero-order chi connectivity index (χ0) is 25.5. The summed E-state index contributed by atoms with van der Waals surface area (Å²) in [4.78, 5) is 23.8. The zero-order valence-electron chi connectivity index (χ0n) is 21.5. The molecule has 0 aliphatic heterocycles. The zero-order valence-corrected chi connectivity index (χ0v) is 21.5. The van der Waals surface area contributed by atoms with E-state index in [-0.39, 0.29) is 12.1 Å². The van der Waals surface area contributed by atoms with Gasteiger partial charge in [0.25, 0.3) is 0 Å². The first kappa shape index (κ1) is 25.3. The van der Waals surface area contributed by atoms with Crippen LogP contribution in [0.1, 0.15) is 42.5 Å². The molecule has 1 aliphatic rings. The first-order chi connectivity index (χ1) is 17.4. The van der Waals surface area contributed by atoms with Crippen molar-refractivity contribution in [2.24, 2.45) is 0 Å². The molecule has 0 saturated heterocycles. The van der Waals surface area contributed by atoms with Gasteiger partial charge in [-0.1, -0.05) is 30.3 Å². The fraction of sp³-hybridized carbons (Fsp3) is 0.393. The Bertz CT molecular complexity index is 1140. The van der Waals surface area contributed by atoms with Gasteiger partial charge in [0.2, 0.25) is 5.95 Å². The summed E-state index contributed by atoms with van der Waals surface area (Å²) in [5.41, 5.74) is 3.93. The van der Waals surface area contributed by atoms with E-state index < -0.39 is 0 Å². The number of aryl methyl sites for hydroxylation is 1. The second-order valence-corrected chi connectivity index (χ2v) is 9.57. The highest BCUT2D eigenvalue weighted by molar-refractivity contribution is 5.89. The topological polar surface area (TPSA) is 91.4 Å². The van der Waals surface area contributed by atoms with Crippen LogP contribution in [0.2, 0.25) is 0 Å². The molecule has 1 saturated carbocycles. The summed E-state index contributed by atoms with van der Waals surface area (Å²) < 4.78 is 5.81. The number of hydrogen-bond donors (Lipinski definition) is 3. The van der Waals surface area contributed by atoms with Crippen molar-refractivity contribution in [3.63, 3.8) is 0 Å². The lowest BCUT2D eigenvalue weighted by Gasteiger charge is -2.30. The average Bonchev–Trinajstić information content (AvgIpc) is 2.87. The third kappa shape index (κ3) is 6.87. The number of urea groups is 1. The van der Waals surface area contributed by atoms with Crippen LogP contribution < -0.4 is 25.6 Å². The fourth-order valence-electron chi connectivity index (χ4n) is 4.41. The highest BCUT2D eigenvalue weighted by Gasteiger charge is 2.23. The molecule has 0 bridgehead atoms. The third-order valence-electron chi connectivity index (χ3n) is 6.54. The summed E-state index contributed by atoms with van der Waals surface area (Å²) in [5.74, 6) is 2.38. The molecule has 3 aromatic rings. The molecule has 3 N–H and O–H groups in total. The molecule has 2 amide bonds. The van der Waals surface area contributed by atoms with E-state index in [0.717, 1.165) is 59.8 Å². The van der Waals surface area contributed by atoms with E-state index in [1.54, 1.807) is 0 Å². The molecule has 8 heteroatoms. The van der Waals surface area contributed by atoms with Crippen molar-refractivity contribution < 1.29 is 9.53 Å². The lowest BCUT2D eigenvalue weighted by molar-refractivity contribution is 0.243. The van der Waals surface area contributed by atoms with Gasteiger partial charge in [0.05, 0.1) is 0 Å². The van der Waals surface area contributed by atoms with Gasteiger partial charge >= 0.3 is 6.03 Å². The van der Waals surface area contributed by atoms with Crippen molar-refractivity contribution in [1.29, 1.82) is 0 Å². The predicted molar refractivity (Wildman–Crippen MR) is 145 cm³/mol. The number of hydrogen-bond acceptors (Lipinski definition) is 6. The highest BCUT2D eigenvalue weighted by atomic mass is 16.5. The monoisotopic (exact) mass is 488 g/mol. The molecule has 0 unspecified atom stereocenters. The maximum absolute atomic E-state index is 12.5. The van der Waals surface area contributed by atoms with Gasteiger partial charge in [-0.15, -0.1) is 0 Å². The van der Waals surface area contributed by atoms with E-state index in [0.29, 0.717) is 18.6 Å². The smallest absolute Gasteiger partial charge is 0.319 e. The SMILES string of the molecule is Cc1nc(NC2CCC(NC(=O)Nc3ccc(OCc4ccccc4)cc3)CC2)nc(N(C)C)c1C. The summed E-state index contributed by atoms with van der Waals surface area (Å²) in [7, 11) is 3.99. The molecule has 8 nitrogen and oxygen atoms in total. The summed E-state index contributed by atoms with van der Waals surface area (Å²) in [6, 6.07) is 17.7. The van der Waals surface area contributed by atoms with Gasteiger partial charge in [-0.25, -0.2) is 9.78 Å². The first-order valence-corrected chi connectivity index (χ1v) is 12.5. The van der Waals surface area contributed by atoms with Crippen LogP contribution >= 0.6 is 0 Å². The number of carbonyl (C=O) groups excluding carboxylic acids is 1. The molecule has 1 aromatic heterocycles. The Balaban J connectivity index is 1.20. The van der Waals surface area contributed by atoms with E-state index in [2.05, 4.69) is 25.9 Å². The largest absolute Gasteiger partial charge is 0.489 e. The highest BCUT2D eigenvalue weighted by Crippen LogP contribution is 2.24. The lowest BCUT2D eigenvalue weighted by atomic mass is 9.91. The van der Waals surface area contributed by atoms with Crippen LogP contribution in [0.4, 0.5) is 22.2 Å². The maximum atomic E-state index is 12.5. The van der Waals surface area contributed by atoms with Gasteiger partial charge in [-0.05, 0) is 69.4 Å². The molecule has 0 radical (unpaired) electrons. The van der Waals surface area contributed by atoms with Crippen LogP contribution in [0.25, 0.3) is 0 Å². The summed E-state index contributed by atoms with van der Waals surface area (Å²) >= 11 is 0. The molecule has 0 atom stereocenters. The Morgan fingerprint density at radius 2 is 1.61 bits per heavy atom. The number of ether oxygens (including phenoxy) is 1. The van der Waals surface area contributed by atoms with E-state index in [9.17, 15) is 4.79 Å². The van der Waals surface area contributed by atoms with Gasteiger partial charge in [0.1, 0.15) is 18.2 Å². The molecule has 4 rings (SSSR count). The van der Waals surface area contributed by atoms with Crippen LogP contribution in [0.3, 0.4) is 0 Å². The second-order valence-electron chi connectivity index (χ2n) is 9.57. The Labute approximate surface area is 213 Å². The second kappa shape index (κ2) is 11.7. The van der Waals surface area contributed by atoms with Crippen LogP contribution in [0.15, 0.2) is 54.6 Å². The van der Waals surface area contributed by atoms with Crippen molar-refractivity contribution >= 4 is 23.5 Å². The van der Waals surface area contributed by atoms with E-state index in [4.69, 9.17) is 4.74 Å². The predicted octanol–water partition coefficient (Wildman–Crippen LogP) is 5.28. The molecule has 1 fully saturated rings. The Hall–Kier alpha value is -3.81. The Kier molecular flexibility index (Phi) is 8.25. The van der Waals surface area contributed by atoms with Crippen molar-refractivity contribution in [2.45, 2.75) is 58.2 Å². The Morgan fingerprint density at radius 1 is 0.944 bits per heavy atom. The molecule has 0 spiro atoms. The molecular weight excluding hydrogens is 452 g/mol. The van der Waals surface area contributed by atoms with Crippen LogP contribution in [0.5, 0.6) is 5.75 Å². The van der Waals surface area contributed by atoms with Gasteiger partial charge in [-0.3, -0.25) is 0 Å². The summed E-state index contributed by atoms with van der Waals surface area (Å²) in [6.45, 7) is 4.57. The quantitative estimate of drug-likeness (QED) is 0.399. The van der Waals surface area contributed by atoms with Crippen molar-refractivity contribution in [2.75, 3.05) is 29.6 Å². The average molecular weight is 489 g/mol. The van der Waals surface area contributed by atoms with Crippen molar-refractivity contribution in [3.8, 4) is 5.75 Å². The van der Waals surface area contributed by atoms with Gasteiger partial charge in [0, 0.05) is 43.1 Å². The summed E-state index contributed by atoms with van der Waals surface area (Å²) in [5, 5.41) is 9.53. The number of rotatable bonds is 8. The van der Waals surface area contributed by atoms with Gasteiger partial charge in [0.15, 0.2) is 0 Å². The number of nitrogens with zero attached hydrogens (tertiary/aromatic N) is 3. The van der Waals surface area contributed by atoms with E-state index in [1.165, 1.54) is 0 Å². The minimum Gasteiger partial charge on any atom is -0.489 e. The normalized spacial score (nSPS) is 17.2. The number of aromatic nitrogens is 2. The number of carbonyl (C=O) groups is 1. The van der Waals surface area contributed by atoms with Gasteiger partial charge < -0.3 is 25.6 Å². The lowest BCUT2D eigenvalue weighted by Crippen LogP contribution is -2.42. The van der Waals surface area contributed by atoms with Gasteiger partial charge in [-0.2, -0.15) is 4.98 Å². The van der Waals surface area contributed by atoms with Crippen LogP contribution in [0, 0.1) is 13.8 Å². The van der Waals surface area contributed by atoms with Crippen molar-refractivity contribution in [3.05, 3.63) is 71.4 Å². The summed E-state index contributed by atoms with van der Waals surface area (Å²) in [6.07, 6.45) is 3.71. The van der Waals surface area contributed by atoms with Crippen LogP contribution in [-0.2, 0) is 6.61 Å². The number of nitrogens with one attached hydrogen (secondary N) is 3. The molecular formula is C28H36N6O2. The number of benzene rings is 2. The standard InChI is InChI=1S/C28H36N6O2/c1-19-20(2)29-27(33-26(19)34(3)4)30-22-10-12-23(13-11-22)31-28(35)32-24-14-16-25(17-15-24)36-18-21-8-6-5-7-9-21/h5-9,14-17,22-23H,10-13,18H2,1-4H3,(H,29,30,33)(H2,31,32,35). The minimum atomic E-state index is -0.183. The molecule has 2 aromatic carbocycles. The number of amides is 2. The molecule has 190 valence electrons. The Morgan fingerprint density at radius 3 is 2.28 bits per heavy atom. The maximum Gasteiger partial charge on any atom is 0.319 e. The van der Waals surface area contributed by atoms with Crippen molar-refractivity contribution in [1.82, 2.24) is 15.3 Å². The number of anilines is 3. The fourth-order valence-corrected chi connectivity index (χ4v) is 4.41. The van der Waals surface area contributed by atoms with E-state index in [1.807, 2.05) is 87.4 Å². The van der Waals surface area contributed by atoms with Crippen LogP contribution in [-0.4, -0.2) is 42.2 Å². The molecule has 36 heavy (non-hydrogen) atoms. The molecule has 1 aliphatic carbocycles. The molecule has 1 heterocycles.